The second-order valence-electron chi connectivity index (χ2n) is 6.79. The molecule has 140 valence electrons. The van der Waals surface area contributed by atoms with E-state index >= 15 is 0 Å². The molecule has 0 aliphatic rings. The third kappa shape index (κ3) is 19.8. The topological polar surface area (TPSA) is 41.9 Å². The predicted molar refractivity (Wildman–Crippen MR) is 98.0 cm³/mol. The average Bonchev–Trinajstić information content (AvgIpc) is 2.52. The van der Waals surface area contributed by atoms with Gasteiger partial charge in [-0.15, -0.1) is 0 Å². The second-order valence-corrected chi connectivity index (χ2v) is 6.79. The summed E-state index contributed by atoms with van der Waals surface area (Å²) in [6.45, 7) is 5.31. The molecule has 0 aliphatic heterocycles. The van der Waals surface area contributed by atoms with Crippen LogP contribution >= 0.6 is 0 Å². The zero-order valence-corrected chi connectivity index (χ0v) is 15.9. The van der Waals surface area contributed by atoms with Gasteiger partial charge < -0.3 is 19.5 Å². The zero-order chi connectivity index (χ0) is 17.2. The largest absolute Gasteiger partial charge is 0.388 e. The van der Waals surface area contributed by atoms with Gasteiger partial charge in [0.25, 0.3) is 0 Å². The molecule has 23 heavy (non-hydrogen) atoms. The fourth-order valence-corrected chi connectivity index (χ4v) is 2.43. The second kappa shape index (κ2) is 18.2. The van der Waals surface area contributed by atoms with Gasteiger partial charge in [-0.3, -0.25) is 0 Å². The van der Waals surface area contributed by atoms with Crippen LogP contribution in [-0.2, 0) is 9.47 Å². The number of unbranched alkanes of at least 4 members (excludes halogenated alkanes) is 9. The first-order valence-electron chi connectivity index (χ1n) is 9.65. The van der Waals surface area contributed by atoms with Gasteiger partial charge in [0.05, 0.1) is 19.8 Å². The summed E-state index contributed by atoms with van der Waals surface area (Å²) in [6, 6.07) is 0. The fourth-order valence-electron chi connectivity index (χ4n) is 2.43. The van der Waals surface area contributed by atoms with E-state index in [4.69, 9.17) is 9.47 Å². The minimum atomic E-state index is -0.500. The molecule has 0 spiro atoms. The summed E-state index contributed by atoms with van der Waals surface area (Å²) in [5.41, 5.74) is 0. The molecule has 0 saturated heterocycles. The Balaban J connectivity index is 3.11. The molecule has 0 heterocycles. The standard InChI is InChI=1S/C19H41NO3/c1-4-5-6-7-8-9-10-11-12-13-15-22-17-19(21)18-23-16-14-20(2)3/h19,21H,4-18H2,1-3H3. The number of aliphatic hydroxyl groups excluding tert-OH is 1. The highest BCUT2D eigenvalue weighted by Gasteiger charge is 2.04. The Bertz CT molecular complexity index is 225. The lowest BCUT2D eigenvalue weighted by Crippen LogP contribution is -2.25. The van der Waals surface area contributed by atoms with Crippen LogP contribution < -0.4 is 0 Å². The highest BCUT2D eigenvalue weighted by molar-refractivity contribution is 4.53. The predicted octanol–water partition coefficient (Wildman–Crippen LogP) is 3.86. The van der Waals surface area contributed by atoms with Crippen LogP contribution in [0.3, 0.4) is 0 Å². The van der Waals surface area contributed by atoms with Crippen molar-refractivity contribution in [2.24, 2.45) is 0 Å². The minimum Gasteiger partial charge on any atom is -0.388 e. The Morgan fingerprint density at radius 1 is 0.739 bits per heavy atom. The Labute approximate surface area is 144 Å². The first kappa shape index (κ1) is 22.8. The van der Waals surface area contributed by atoms with Crippen molar-refractivity contribution in [3.8, 4) is 0 Å². The van der Waals surface area contributed by atoms with Gasteiger partial charge in [-0.1, -0.05) is 64.7 Å². The lowest BCUT2D eigenvalue weighted by Gasteiger charge is -2.13. The van der Waals surface area contributed by atoms with E-state index in [1.165, 1.54) is 57.8 Å². The van der Waals surface area contributed by atoms with Crippen LogP contribution in [0.15, 0.2) is 0 Å². The Morgan fingerprint density at radius 3 is 1.74 bits per heavy atom. The SMILES string of the molecule is CCCCCCCCCCCCOCC(O)COCCN(C)C. The third-order valence-electron chi connectivity index (χ3n) is 3.95. The van der Waals surface area contributed by atoms with E-state index in [0.717, 1.165) is 19.6 Å². The number of hydrogen-bond donors (Lipinski definition) is 1. The summed E-state index contributed by atoms with van der Waals surface area (Å²) in [4.78, 5) is 2.06. The number of ether oxygens (including phenoxy) is 2. The van der Waals surface area contributed by atoms with Gasteiger partial charge in [0.1, 0.15) is 6.10 Å². The molecule has 1 N–H and O–H groups in total. The number of likely N-dealkylation sites (N-methyl/N-ethyl adjacent to an activating group) is 1. The highest BCUT2D eigenvalue weighted by Crippen LogP contribution is 2.10. The molecule has 1 atom stereocenters. The van der Waals surface area contributed by atoms with Crippen molar-refractivity contribution < 1.29 is 14.6 Å². The first-order chi connectivity index (χ1) is 11.2. The molecule has 0 saturated carbocycles. The molecule has 0 bridgehead atoms. The van der Waals surface area contributed by atoms with Crippen molar-refractivity contribution in [3.63, 3.8) is 0 Å². The van der Waals surface area contributed by atoms with Crippen LogP contribution in [0.1, 0.15) is 71.1 Å². The number of aliphatic hydroxyl groups is 1. The lowest BCUT2D eigenvalue weighted by atomic mass is 10.1. The fraction of sp³-hybridized carbons (Fsp3) is 1.00. The van der Waals surface area contributed by atoms with Crippen molar-refractivity contribution in [1.82, 2.24) is 4.90 Å². The normalized spacial score (nSPS) is 12.9. The van der Waals surface area contributed by atoms with Crippen LogP contribution in [0.2, 0.25) is 0 Å². The van der Waals surface area contributed by atoms with Gasteiger partial charge in [-0.25, -0.2) is 0 Å². The quantitative estimate of drug-likeness (QED) is 0.387. The van der Waals surface area contributed by atoms with Crippen LogP contribution in [0.25, 0.3) is 0 Å². The smallest absolute Gasteiger partial charge is 0.101 e. The summed E-state index contributed by atoms with van der Waals surface area (Å²) < 4.78 is 10.9. The van der Waals surface area contributed by atoms with Crippen molar-refractivity contribution >= 4 is 0 Å². The van der Waals surface area contributed by atoms with Crippen LogP contribution in [0.5, 0.6) is 0 Å². The van der Waals surface area contributed by atoms with Gasteiger partial charge >= 0.3 is 0 Å². The minimum absolute atomic E-state index is 0.367. The molecule has 0 rings (SSSR count). The maximum Gasteiger partial charge on any atom is 0.101 e. The molecule has 4 heteroatoms. The maximum atomic E-state index is 9.71. The molecule has 4 nitrogen and oxygen atoms in total. The van der Waals surface area contributed by atoms with E-state index in [9.17, 15) is 5.11 Å². The van der Waals surface area contributed by atoms with E-state index in [1.54, 1.807) is 0 Å². The number of nitrogens with zero attached hydrogens (tertiary/aromatic N) is 1. The van der Waals surface area contributed by atoms with Crippen LogP contribution in [-0.4, -0.2) is 63.2 Å². The Morgan fingerprint density at radius 2 is 1.22 bits per heavy atom. The molecule has 0 fully saturated rings. The van der Waals surface area contributed by atoms with E-state index in [0.29, 0.717) is 19.8 Å². The van der Waals surface area contributed by atoms with Crippen molar-refractivity contribution in [2.75, 3.05) is 47.1 Å². The van der Waals surface area contributed by atoms with Crippen molar-refractivity contribution in [2.45, 2.75) is 77.2 Å². The summed E-state index contributed by atoms with van der Waals surface area (Å²) in [6.07, 6.45) is 12.8. The van der Waals surface area contributed by atoms with Gasteiger partial charge in [0.15, 0.2) is 0 Å². The summed E-state index contributed by atoms with van der Waals surface area (Å²) in [7, 11) is 4.02. The zero-order valence-electron chi connectivity index (χ0n) is 15.9. The van der Waals surface area contributed by atoms with Crippen molar-refractivity contribution in [1.29, 1.82) is 0 Å². The highest BCUT2D eigenvalue weighted by atomic mass is 16.5. The summed E-state index contributed by atoms with van der Waals surface area (Å²) in [5.74, 6) is 0. The molecular formula is C19H41NO3. The lowest BCUT2D eigenvalue weighted by molar-refractivity contribution is -0.0214. The molecule has 1 unspecified atom stereocenters. The van der Waals surface area contributed by atoms with E-state index < -0.39 is 6.10 Å². The average molecular weight is 332 g/mol. The molecular weight excluding hydrogens is 290 g/mol. The maximum absolute atomic E-state index is 9.71. The van der Waals surface area contributed by atoms with E-state index in [2.05, 4.69) is 11.8 Å². The number of hydrogen-bond acceptors (Lipinski definition) is 4. The van der Waals surface area contributed by atoms with E-state index in [1.807, 2.05) is 14.1 Å². The molecule has 0 aliphatic carbocycles. The van der Waals surface area contributed by atoms with Gasteiger partial charge in [-0.05, 0) is 20.5 Å². The molecule has 0 aromatic carbocycles. The van der Waals surface area contributed by atoms with E-state index in [-0.39, 0.29) is 0 Å². The van der Waals surface area contributed by atoms with Gasteiger partial charge in [0.2, 0.25) is 0 Å². The molecule has 0 radical (unpaired) electrons. The molecule has 0 aromatic rings. The van der Waals surface area contributed by atoms with Crippen molar-refractivity contribution in [3.05, 3.63) is 0 Å². The molecule has 0 amide bonds. The Kier molecular flexibility index (Phi) is 18.1. The van der Waals surface area contributed by atoms with Crippen LogP contribution in [0, 0.1) is 0 Å². The third-order valence-corrected chi connectivity index (χ3v) is 3.95. The number of rotatable bonds is 18. The van der Waals surface area contributed by atoms with Crippen LogP contribution in [0.4, 0.5) is 0 Å². The molecule has 0 aromatic heterocycles. The van der Waals surface area contributed by atoms with Gasteiger partial charge in [-0.2, -0.15) is 0 Å². The van der Waals surface area contributed by atoms with Gasteiger partial charge in [0, 0.05) is 13.2 Å². The summed E-state index contributed by atoms with van der Waals surface area (Å²) in [5, 5.41) is 9.71. The first-order valence-corrected chi connectivity index (χ1v) is 9.65. The Hall–Kier alpha value is -0.160. The summed E-state index contributed by atoms with van der Waals surface area (Å²) >= 11 is 0. The monoisotopic (exact) mass is 331 g/mol.